The molecule has 0 atom stereocenters. The standard InChI is InChI=1S/C17H21FO3/c18-17-5-4-16(15(11-17)3-1-2-8-19)13-21-12-14-6-9-20-10-7-14/h4-5,11,14,19H,2,6-10,12-13H2. The third-order valence-electron chi connectivity index (χ3n) is 3.48. The molecule has 0 radical (unpaired) electrons. The first kappa shape index (κ1) is 16.0. The van der Waals surface area contributed by atoms with Gasteiger partial charge in [0.15, 0.2) is 0 Å². The molecule has 0 spiro atoms. The highest BCUT2D eigenvalue weighted by Gasteiger charge is 2.14. The molecule has 0 bridgehead atoms. The summed E-state index contributed by atoms with van der Waals surface area (Å²) in [4.78, 5) is 0. The van der Waals surface area contributed by atoms with Crippen LogP contribution in [0.15, 0.2) is 18.2 Å². The van der Waals surface area contributed by atoms with E-state index in [1.165, 1.54) is 12.1 Å². The van der Waals surface area contributed by atoms with E-state index in [2.05, 4.69) is 11.8 Å². The van der Waals surface area contributed by atoms with Crippen molar-refractivity contribution in [2.45, 2.75) is 25.9 Å². The van der Waals surface area contributed by atoms with Crippen LogP contribution < -0.4 is 0 Å². The molecule has 3 nitrogen and oxygen atoms in total. The van der Waals surface area contributed by atoms with Crippen molar-refractivity contribution in [3.63, 3.8) is 0 Å². The third-order valence-corrected chi connectivity index (χ3v) is 3.48. The fourth-order valence-electron chi connectivity index (χ4n) is 2.25. The Kier molecular flexibility index (Phi) is 6.68. The first-order valence-corrected chi connectivity index (χ1v) is 7.33. The summed E-state index contributed by atoms with van der Waals surface area (Å²) in [5.41, 5.74) is 1.52. The lowest BCUT2D eigenvalue weighted by Gasteiger charge is -2.21. The normalized spacial score (nSPS) is 15.5. The van der Waals surface area contributed by atoms with Crippen molar-refractivity contribution in [3.8, 4) is 11.8 Å². The Balaban J connectivity index is 1.90. The molecule has 1 heterocycles. The van der Waals surface area contributed by atoms with Gasteiger partial charge in [-0.25, -0.2) is 4.39 Å². The van der Waals surface area contributed by atoms with Crippen molar-refractivity contribution in [2.75, 3.05) is 26.4 Å². The maximum absolute atomic E-state index is 13.3. The van der Waals surface area contributed by atoms with E-state index in [0.717, 1.165) is 31.6 Å². The molecule has 0 aliphatic carbocycles. The topological polar surface area (TPSA) is 38.7 Å². The molecule has 1 aliphatic rings. The van der Waals surface area contributed by atoms with Crippen LogP contribution in [0.4, 0.5) is 4.39 Å². The van der Waals surface area contributed by atoms with Gasteiger partial charge in [0.2, 0.25) is 0 Å². The van der Waals surface area contributed by atoms with Gasteiger partial charge >= 0.3 is 0 Å². The fraction of sp³-hybridized carbons (Fsp3) is 0.529. The molecule has 0 saturated carbocycles. The Bertz CT molecular complexity index is 498. The van der Waals surface area contributed by atoms with Crippen LogP contribution in [0.25, 0.3) is 0 Å². The number of halogens is 1. The Morgan fingerprint density at radius 2 is 2.14 bits per heavy atom. The maximum atomic E-state index is 13.3. The van der Waals surface area contributed by atoms with Gasteiger partial charge in [-0.2, -0.15) is 0 Å². The number of hydrogen-bond donors (Lipinski definition) is 1. The lowest BCUT2D eigenvalue weighted by atomic mass is 10.0. The number of ether oxygens (including phenoxy) is 2. The summed E-state index contributed by atoms with van der Waals surface area (Å²) < 4.78 is 24.4. The van der Waals surface area contributed by atoms with Crippen LogP contribution in [0.2, 0.25) is 0 Å². The van der Waals surface area contributed by atoms with E-state index in [9.17, 15) is 4.39 Å². The number of rotatable bonds is 5. The van der Waals surface area contributed by atoms with Crippen LogP contribution in [0.5, 0.6) is 0 Å². The first-order chi connectivity index (χ1) is 10.3. The van der Waals surface area contributed by atoms with Crippen LogP contribution in [0, 0.1) is 23.6 Å². The Labute approximate surface area is 125 Å². The summed E-state index contributed by atoms with van der Waals surface area (Å²) in [6.45, 7) is 2.76. The van der Waals surface area contributed by atoms with Crippen LogP contribution >= 0.6 is 0 Å². The van der Waals surface area contributed by atoms with Crippen molar-refractivity contribution in [3.05, 3.63) is 35.1 Å². The van der Waals surface area contributed by atoms with Gasteiger partial charge in [0, 0.05) is 25.2 Å². The average Bonchev–Trinajstić information content (AvgIpc) is 2.51. The fourth-order valence-corrected chi connectivity index (χ4v) is 2.25. The molecule has 4 heteroatoms. The largest absolute Gasteiger partial charge is 0.395 e. The van der Waals surface area contributed by atoms with Crippen molar-refractivity contribution in [1.82, 2.24) is 0 Å². The lowest BCUT2D eigenvalue weighted by Crippen LogP contribution is -2.20. The summed E-state index contributed by atoms with van der Waals surface area (Å²) in [5, 5.41) is 8.74. The molecule has 1 aromatic carbocycles. The minimum Gasteiger partial charge on any atom is -0.395 e. The molecule has 21 heavy (non-hydrogen) atoms. The molecule has 0 amide bonds. The summed E-state index contributed by atoms with van der Waals surface area (Å²) in [5.74, 6) is 5.95. The number of benzene rings is 1. The molecule has 1 aromatic rings. The van der Waals surface area contributed by atoms with Gasteiger partial charge in [-0.3, -0.25) is 0 Å². The van der Waals surface area contributed by atoms with E-state index in [1.807, 2.05) is 0 Å². The maximum Gasteiger partial charge on any atom is 0.124 e. The second kappa shape index (κ2) is 8.78. The highest BCUT2D eigenvalue weighted by molar-refractivity contribution is 5.41. The van der Waals surface area contributed by atoms with E-state index in [4.69, 9.17) is 14.6 Å². The average molecular weight is 292 g/mol. The first-order valence-electron chi connectivity index (χ1n) is 7.33. The Morgan fingerprint density at radius 1 is 1.33 bits per heavy atom. The van der Waals surface area contributed by atoms with Gasteiger partial charge in [0.1, 0.15) is 5.82 Å². The Morgan fingerprint density at radius 3 is 2.90 bits per heavy atom. The predicted octanol–water partition coefficient (Wildman–Crippen LogP) is 2.50. The molecular formula is C17H21FO3. The van der Waals surface area contributed by atoms with Crippen LogP contribution in [-0.2, 0) is 16.1 Å². The lowest BCUT2D eigenvalue weighted by molar-refractivity contribution is 0.0157. The second-order valence-electron chi connectivity index (χ2n) is 5.15. The smallest absolute Gasteiger partial charge is 0.124 e. The molecule has 1 aliphatic heterocycles. The molecule has 1 N–H and O–H groups in total. The quantitative estimate of drug-likeness (QED) is 0.848. The van der Waals surface area contributed by atoms with Crippen molar-refractivity contribution in [2.24, 2.45) is 5.92 Å². The molecule has 2 rings (SSSR count). The highest BCUT2D eigenvalue weighted by atomic mass is 19.1. The number of aliphatic hydroxyl groups excluding tert-OH is 1. The minimum atomic E-state index is -0.309. The van der Waals surface area contributed by atoms with E-state index in [0.29, 0.717) is 31.1 Å². The summed E-state index contributed by atoms with van der Waals surface area (Å²) in [6, 6.07) is 4.55. The number of aliphatic hydroxyl groups is 1. The Hall–Kier alpha value is -1.41. The number of hydrogen-bond acceptors (Lipinski definition) is 3. The zero-order valence-electron chi connectivity index (χ0n) is 12.1. The van der Waals surface area contributed by atoms with E-state index >= 15 is 0 Å². The second-order valence-corrected chi connectivity index (χ2v) is 5.15. The zero-order valence-corrected chi connectivity index (χ0v) is 12.1. The van der Waals surface area contributed by atoms with Gasteiger partial charge in [0.05, 0.1) is 19.8 Å². The molecular weight excluding hydrogens is 271 g/mol. The van der Waals surface area contributed by atoms with Gasteiger partial charge in [-0.1, -0.05) is 17.9 Å². The highest BCUT2D eigenvalue weighted by Crippen LogP contribution is 2.17. The van der Waals surface area contributed by atoms with Crippen molar-refractivity contribution >= 4 is 0 Å². The van der Waals surface area contributed by atoms with E-state index in [-0.39, 0.29) is 12.4 Å². The summed E-state index contributed by atoms with van der Waals surface area (Å²) >= 11 is 0. The predicted molar refractivity (Wildman–Crippen MR) is 78.2 cm³/mol. The minimum absolute atomic E-state index is 0.0118. The molecule has 0 aromatic heterocycles. The monoisotopic (exact) mass is 292 g/mol. The van der Waals surface area contributed by atoms with Gasteiger partial charge < -0.3 is 14.6 Å². The molecule has 1 saturated heterocycles. The van der Waals surface area contributed by atoms with E-state index < -0.39 is 0 Å². The van der Waals surface area contributed by atoms with Gasteiger partial charge in [0.25, 0.3) is 0 Å². The van der Waals surface area contributed by atoms with E-state index in [1.54, 1.807) is 6.07 Å². The van der Waals surface area contributed by atoms with Crippen molar-refractivity contribution in [1.29, 1.82) is 0 Å². The SMILES string of the molecule is OCCC#Cc1cc(F)ccc1COCC1CCOCC1. The summed E-state index contributed by atoms with van der Waals surface area (Å²) in [6.07, 6.45) is 2.46. The van der Waals surface area contributed by atoms with Gasteiger partial charge in [-0.15, -0.1) is 0 Å². The molecule has 0 unspecified atom stereocenters. The molecule has 114 valence electrons. The van der Waals surface area contributed by atoms with Crippen LogP contribution in [-0.4, -0.2) is 31.5 Å². The summed E-state index contributed by atoms with van der Waals surface area (Å²) in [7, 11) is 0. The van der Waals surface area contributed by atoms with Gasteiger partial charge in [-0.05, 0) is 36.5 Å². The zero-order chi connectivity index (χ0) is 14.9. The van der Waals surface area contributed by atoms with Crippen molar-refractivity contribution < 1.29 is 19.0 Å². The van der Waals surface area contributed by atoms with Crippen LogP contribution in [0.1, 0.15) is 30.4 Å². The molecule has 1 fully saturated rings. The third kappa shape index (κ3) is 5.47. The van der Waals surface area contributed by atoms with Crippen LogP contribution in [0.3, 0.4) is 0 Å².